The maximum atomic E-state index is 15.9. The van der Waals surface area contributed by atoms with E-state index in [1.54, 1.807) is 55.6 Å². The summed E-state index contributed by atoms with van der Waals surface area (Å²) in [5, 5.41) is 14.5. The molecule has 2 aliphatic heterocycles. The standard InChI is InChI=1S/C28H34BF2N3O10.C24H29F2N3O6/c1-14(35)42-29(43-15(2)36)44-26(38)19-12-34(17-7-8-17)22-18(24(19)37)9-20(31)23(25(22)40-6)33-11-16(10-30)21(13-33)32-27(39)41-28(3,4)5;1-24(2,3)35-23(33)27-17-11-28(9-12(17)8-25)19-16(26)7-14-18(21(19)34-4)29(13-5-6-13)10-15(20(14)30)22(31)32/h9,12,16-17,21H,7-8,10-11,13H2,1-6H3,(H,32,39);7,10,12-13,17H,5-6,8-9,11H2,1-4H3,(H,27,33)(H,31,32)/t16-,21+;12-,17+/m00/s1. The summed E-state index contributed by atoms with van der Waals surface area (Å²) in [5.74, 6) is -7.45. The molecule has 79 heavy (non-hydrogen) atoms. The van der Waals surface area contributed by atoms with Gasteiger partial charge in [0.05, 0.1) is 61.5 Å². The van der Waals surface area contributed by atoms with Crippen LogP contribution in [-0.4, -0.2) is 135 Å². The number of ether oxygens (including phenoxy) is 4. The van der Waals surface area contributed by atoms with Crippen molar-refractivity contribution in [1.82, 2.24) is 19.8 Å². The van der Waals surface area contributed by atoms with Gasteiger partial charge in [-0.15, -0.1) is 0 Å². The van der Waals surface area contributed by atoms with E-state index in [1.165, 1.54) is 31.5 Å². The Labute approximate surface area is 450 Å². The Kier molecular flexibility index (Phi) is 17.4. The summed E-state index contributed by atoms with van der Waals surface area (Å²) in [7, 11) is 0.587. The molecule has 2 saturated heterocycles. The Balaban J connectivity index is 0.000000234. The fourth-order valence-electron chi connectivity index (χ4n) is 9.60. The second-order valence-electron chi connectivity index (χ2n) is 21.7. The van der Waals surface area contributed by atoms with Crippen LogP contribution < -0.4 is 40.8 Å². The molecule has 0 radical (unpaired) electrons. The third-order valence-corrected chi connectivity index (χ3v) is 13.2. The lowest BCUT2D eigenvalue weighted by molar-refractivity contribution is -0.140. The largest absolute Gasteiger partial charge is 0.870 e. The number of aromatic nitrogens is 2. The molecule has 3 N–H and O–H groups in total. The van der Waals surface area contributed by atoms with Gasteiger partial charge in [-0.25, -0.2) is 28.0 Å². The quantitative estimate of drug-likeness (QED) is 0.0844. The van der Waals surface area contributed by atoms with E-state index in [0.717, 1.165) is 38.8 Å². The van der Waals surface area contributed by atoms with Gasteiger partial charge >= 0.3 is 31.4 Å². The number of anilines is 2. The van der Waals surface area contributed by atoms with Crippen LogP contribution in [0.4, 0.5) is 38.5 Å². The monoisotopic (exact) mass is 1110 g/mol. The van der Waals surface area contributed by atoms with E-state index in [-0.39, 0.29) is 77.4 Å². The Hall–Kier alpha value is -7.74. The fourth-order valence-corrected chi connectivity index (χ4v) is 9.60. The topological polar surface area (TPSA) is 262 Å². The van der Waals surface area contributed by atoms with E-state index in [1.807, 2.05) is 0 Å². The van der Waals surface area contributed by atoms with Crippen molar-refractivity contribution in [2.24, 2.45) is 11.8 Å². The lowest BCUT2D eigenvalue weighted by Gasteiger charge is -2.25. The van der Waals surface area contributed by atoms with Gasteiger partial charge in [-0.3, -0.25) is 28.0 Å². The highest BCUT2D eigenvalue weighted by Crippen LogP contribution is 2.46. The van der Waals surface area contributed by atoms with Gasteiger partial charge in [0.25, 0.3) is 11.9 Å². The van der Waals surface area contributed by atoms with Crippen molar-refractivity contribution in [2.45, 2.75) is 116 Å². The van der Waals surface area contributed by atoms with E-state index in [2.05, 4.69) is 10.6 Å². The first-order chi connectivity index (χ1) is 37.1. The Morgan fingerprint density at radius 1 is 0.633 bits per heavy atom. The number of fused-ring (bicyclic) bond motifs is 2. The SMILES string of the molecule is COc1c(N2C[C@H](CF)[C@H](NC(=O)OC(C)(C)C)C2)c(F)cc2c(=O)c(C(=O)O)cn(C3CC3)c12.COc1c(N2C[C@H](CF)[C@H](NC(=O)OC(C)(C)C)C2)c(F)cc2c(=O)c(C(=O)OB(OC(C)=O)OC(C)=O)cn(C3CC3)c12. The second kappa shape index (κ2) is 23.3. The molecule has 2 aromatic heterocycles. The van der Waals surface area contributed by atoms with Gasteiger partial charge in [-0.1, -0.05) is 0 Å². The predicted octanol–water partition coefficient (Wildman–Crippen LogP) is 6.53. The van der Waals surface area contributed by atoms with Gasteiger partial charge in [0.1, 0.15) is 33.7 Å². The van der Waals surface area contributed by atoms with Gasteiger partial charge in [0.2, 0.25) is 10.9 Å². The van der Waals surface area contributed by atoms with Gasteiger partial charge in [0.15, 0.2) is 23.1 Å². The Bertz CT molecular complexity index is 3170. The summed E-state index contributed by atoms with van der Waals surface area (Å²) >= 11 is 0. The molecule has 2 aliphatic carbocycles. The average molecular weight is 1110 g/mol. The number of benzene rings is 2. The molecule has 8 rings (SSSR count). The Morgan fingerprint density at radius 3 is 1.34 bits per heavy atom. The molecule has 4 aromatic rings. The highest BCUT2D eigenvalue weighted by atomic mass is 19.1. The fraction of sp³-hybridized carbons (Fsp3) is 0.538. The molecule has 428 valence electrons. The van der Waals surface area contributed by atoms with Gasteiger partial charge in [-0.2, -0.15) is 0 Å². The molecular weight excluding hydrogens is 1050 g/mol. The molecule has 27 heteroatoms. The van der Waals surface area contributed by atoms with Crippen molar-refractivity contribution in [3.8, 4) is 11.5 Å². The number of pyridine rings is 2. The maximum Gasteiger partial charge on any atom is 0.870 e. The zero-order valence-electron chi connectivity index (χ0n) is 45.3. The van der Waals surface area contributed by atoms with Crippen molar-refractivity contribution in [3.05, 3.63) is 67.7 Å². The van der Waals surface area contributed by atoms with E-state index < -0.39 is 125 Å². The molecule has 4 heterocycles. The molecule has 2 saturated carbocycles. The predicted molar refractivity (Wildman–Crippen MR) is 277 cm³/mol. The minimum atomic E-state index is -2.04. The minimum absolute atomic E-state index is 0.0165. The van der Waals surface area contributed by atoms with E-state index in [0.29, 0.717) is 18.4 Å². The number of carboxylic acid groups (broad SMARTS) is 1. The first-order valence-corrected chi connectivity index (χ1v) is 25.4. The molecular formula is C52H63BF4N6O16. The van der Waals surface area contributed by atoms with E-state index >= 15 is 8.78 Å². The minimum Gasteiger partial charge on any atom is -0.492 e. The summed E-state index contributed by atoms with van der Waals surface area (Å²) in [6.07, 6.45) is 4.00. The lowest BCUT2D eigenvalue weighted by Crippen LogP contribution is -2.43. The van der Waals surface area contributed by atoms with E-state index in [4.69, 9.17) is 32.9 Å². The normalized spacial score (nSPS) is 19.0. The molecule has 0 spiro atoms. The molecule has 0 bridgehead atoms. The van der Waals surface area contributed by atoms with Crippen LogP contribution in [0.3, 0.4) is 0 Å². The number of nitrogens with zero attached hydrogens (tertiary/aromatic N) is 4. The number of hydrogen-bond donors (Lipinski definition) is 3. The highest BCUT2D eigenvalue weighted by molar-refractivity contribution is 6.44. The number of carbonyl (C=O) groups excluding carboxylic acids is 5. The van der Waals surface area contributed by atoms with Crippen LogP contribution >= 0.6 is 0 Å². The maximum absolute atomic E-state index is 15.9. The number of methoxy groups -OCH3 is 2. The number of alkyl halides is 2. The van der Waals surface area contributed by atoms with Crippen LogP contribution in [-0.2, 0) is 33.0 Å². The Morgan fingerprint density at radius 2 is 1.01 bits per heavy atom. The van der Waals surface area contributed by atoms with Crippen molar-refractivity contribution in [2.75, 3.05) is 63.5 Å². The van der Waals surface area contributed by atoms with Gasteiger partial charge < -0.3 is 67.6 Å². The molecule has 4 atom stereocenters. The molecule has 0 unspecified atom stereocenters. The van der Waals surface area contributed by atoms with Crippen LogP contribution in [0.2, 0.25) is 0 Å². The summed E-state index contributed by atoms with van der Waals surface area (Å²) in [6.45, 7) is 10.9. The second-order valence-corrected chi connectivity index (χ2v) is 21.7. The number of carbonyl (C=O) groups is 6. The smallest absolute Gasteiger partial charge is 0.492 e. The molecule has 2 aromatic carbocycles. The number of halogens is 4. The van der Waals surface area contributed by atoms with Crippen LogP contribution in [0.25, 0.3) is 21.8 Å². The number of alkyl carbamates (subject to hydrolysis) is 2. The average Bonchev–Trinajstić information content (AvgIpc) is 4.48. The number of rotatable bonds is 15. The van der Waals surface area contributed by atoms with Crippen molar-refractivity contribution < 1.29 is 84.3 Å². The first kappa shape index (κ1) is 58.9. The number of amides is 2. The number of hydrogen-bond acceptors (Lipinski definition) is 17. The van der Waals surface area contributed by atoms with E-state index in [9.17, 15) is 52.2 Å². The van der Waals surface area contributed by atoms with Gasteiger partial charge in [-0.05, 0) is 79.4 Å². The summed E-state index contributed by atoms with van der Waals surface area (Å²) in [5.41, 5.74) is -3.72. The highest BCUT2D eigenvalue weighted by Gasteiger charge is 2.42. The lowest BCUT2D eigenvalue weighted by atomic mass is 10.1. The summed E-state index contributed by atoms with van der Waals surface area (Å²) < 4.78 is 98.8. The number of nitrogens with one attached hydrogen (secondary N) is 2. The van der Waals surface area contributed by atoms with Crippen molar-refractivity contribution in [3.63, 3.8) is 0 Å². The van der Waals surface area contributed by atoms with Crippen LogP contribution in [0.5, 0.6) is 11.5 Å². The van der Waals surface area contributed by atoms with Crippen molar-refractivity contribution in [1.29, 1.82) is 0 Å². The van der Waals surface area contributed by atoms with Crippen LogP contribution in [0.15, 0.2) is 34.1 Å². The molecule has 4 fully saturated rings. The molecule has 22 nitrogen and oxygen atoms in total. The first-order valence-electron chi connectivity index (χ1n) is 25.4. The zero-order valence-corrected chi connectivity index (χ0v) is 45.3. The van der Waals surface area contributed by atoms with Crippen LogP contribution in [0.1, 0.15) is 114 Å². The number of carboxylic acids is 1. The summed E-state index contributed by atoms with van der Waals surface area (Å²) in [4.78, 5) is 102. The van der Waals surface area contributed by atoms with Crippen molar-refractivity contribution >= 4 is 76.6 Å². The number of aromatic carboxylic acids is 1. The zero-order chi connectivity index (χ0) is 58.2. The molecule has 4 aliphatic rings. The molecule has 2 amide bonds. The summed E-state index contributed by atoms with van der Waals surface area (Å²) in [6, 6.07) is 0.407. The third kappa shape index (κ3) is 13.4. The van der Waals surface area contributed by atoms with Gasteiger partial charge in [0, 0.05) is 76.3 Å². The van der Waals surface area contributed by atoms with Crippen LogP contribution in [0, 0.1) is 23.5 Å². The third-order valence-electron chi connectivity index (χ3n) is 13.2.